The third-order valence-corrected chi connectivity index (χ3v) is 6.93. The topological polar surface area (TPSA) is 68.3 Å². The van der Waals surface area contributed by atoms with Crippen molar-refractivity contribution in [2.24, 2.45) is 0 Å². The number of amides is 1. The van der Waals surface area contributed by atoms with E-state index in [9.17, 15) is 9.59 Å². The molecule has 4 rings (SSSR count). The van der Waals surface area contributed by atoms with Crippen molar-refractivity contribution < 1.29 is 14.3 Å². The first-order valence-corrected chi connectivity index (χ1v) is 13.5. The van der Waals surface area contributed by atoms with Crippen LogP contribution in [-0.4, -0.2) is 29.0 Å². The molecule has 0 aliphatic carbocycles. The van der Waals surface area contributed by atoms with E-state index in [1.807, 2.05) is 107 Å². The zero-order chi connectivity index (χ0) is 27.4. The van der Waals surface area contributed by atoms with Crippen LogP contribution in [0.3, 0.4) is 0 Å². The van der Waals surface area contributed by atoms with Gasteiger partial charge in [0.15, 0.2) is 0 Å². The third-order valence-electron chi connectivity index (χ3n) is 6.44. The largest absolute Gasteiger partial charge is 0.460 e. The molecule has 4 aromatic rings. The Balaban J connectivity index is 1.70. The molecule has 196 valence electrons. The van der Waals surface area contributed by atoms with Gasteiger partial charge in [0.05, 0.1) is 23.2 Å². The molecular weight excluding hydrogens is 540 g/mol. The van der Waals surface area contributed by atoms with Crippen LogP contribution >= 0.6 is 15.9 Å². The molecule has 0 bridgehead atoms. The summed E-state index contributed by atoms with van der Waals surface area (Å²) >= 11 is 3.54. The quantitative estimate of drug-likeness (QED) is 0.232. The van der Waals surface area contributed by atoms with Gasteiger partial charge in [0.2, 0.25) is 0 Å². The van der Waals surface area contributed by atoms with E-state index in [4.69, 9.17) is 9.72 Å². The summed E-state index contributed by atoms with van der Waals surface area (Å²) in [6, 6.07) is 23.6. The first-order valence-electron chi connectivity index (χ1n) is 12.7. The number of benzene rings is 3. The fourth-order valence-electron chi connectivity index (χ4n) is 4.73. The van der Waals surface area contributed by atoms with Gasteiger partial charge in [-0.25, -0.2) is 4.98 Å². The zero-order valence-electron chi connectivity index (χ0n) is 22.5. The van der Waals surface area contributed by atoms with Gasteiger partial charge in [-0.1, -0.05) is 70.5 Å². The number of halogens is 1. The van der Waals surface area contributed by atoms with Crippen LogP contribution in [0, 0.1) is 13.8 Å². The minimum Gasteiger partial charge on any atom is -0.460 e. The molecule has 0 radical (unpaired) electrons. The van der Waals surface area contributed by atoms with Gasteiger partial charge in [-0.05, 0) is 69.5 Å². The number of hydrogen-bond donors (Lipinski definition) is 1. The predicted molar refractivity (Wildman–Crippen MR) is 156 cm³/mol. The van der Waals surface area contributed by atoms with Crippen molar-refractivity contribution in [2.75, 3.05) is 6.54 Å². The lowest BCUT2D eigenvalue weighted by atomic mass is 9.91. The number of aromatic nitrogens is 1. The van der Waals surface area contributed by atoms with Gasteiger partial charge in [0.25, 0.3) is 5.91 Å². The minimum absolute atomic E-state index is 0.166. The van der Waals surface area contributed by atoms with Crippen LogP contribution in [0.4, 0.5) is 0 Å². The Morgan fingerprint density at radius 1 is 0.974 bits per heavy atom. The minimum atomic E-state index is -0.578. The molecule has 1 aromatic heterocycles. The van der Waals surface area contributed by atoms with Crippen LogP contribution in [-0.2, 0) is 9.53 Å². The SMILES string of the molecule is Cc1ccccc1C(CNC(=O)c1c(C)c(-c2ccccc2)nc2ccc(Br)cc12)CC(=O)OC(C)(C)C. The lowest BCUT2D eigenvalue weighted by Crippen LogP contribution is -2.32. The Morgan fingerprint density at radius 2 is 1.66 bits per heavy atom. The number of nitrogens with zero attached hydrogens (tertiary/aromatic N) is 1. The maximum absolute atomic E-state index is 13.8. The normalized spacial score (nSPS) is 12.3. The van der Waals surface area contributed by atoms with Crippen LogP contribution in [0.15, 0.2) is 77.3 Å². The number of carbonyl (C=O) groups is 2. The fraction of sp³-hybridized carbons (Fsp3) is 0.281. The van der Waals surface area contributed by atoms with E-state index in [1.165, 1.54) is 0 Å². The number of fused-ring (bicyclic) bond motifs is 1. The van der Waals surface area contributed by atoms with Crippen molar-refractivity contribution in [3.63, 3.8) is 0 Å². The van der Waals surface area contributed by atoms with E-state index < -0.39 is 5.60 Å². The monoisotopic (exact) mass is 572 g/mol. The Kier molecular flexibility index (Phi) is 8.32. The fourth-order valence-corrected chi connectivity index (χ4v) is 5.09. The van der Waals surface area contributed by atoms with E-state index in [-0.39, 0.29) is 24.2 Å². The molecule has 0 spiro atoms. The summed E-state index contributed by atoms with van der Waals surface area (Å²) < 4.78 is 6.48. The molecule has 0 fully saturated rings. The zero-order valence-corrected chi connectivity index (χ0v) is 24.1. The van der Waals surface area contributed by atoms with Crippen LogP contribution < -0.4 is 5.32 Å². The molecule has 6 heteroatoms. The Hall–Kier alpha value is -3.51. The molecular formula is C32H33BrN2O3. The summed E-state index contributed by atoms with van der Waals surface area (Å²) in [5.74, 6) is -0.725. The molecule has 1 unspecified atom stereocenters. The highest BCUT2D eigenvalue weighted by atomic mass is 79.9. The van der Waals surface area contributed by atoms with Crippen LogP contribution in [0.25, 0.3) is 22.2 Å². The molecule has 3 aromatic carbocycles. The lowest BCUT2D eigenvalue weighted by Gasteiger charge is -2.24. The van der Waals surface area contributed by atoms with Crippen molar-refractivity contribution in [3.8, 4) is 11.3 Å². The number of carbonyl (C=O) groups excluding carboxylic acids is 2. The molecule has 0 aliphatic rings. The number of rotatable bonds is 7. The van der Waals surface area contributed by atoms with E-state index in [2.05, 4.69) is 21.2 Å². The van der Waals surface area contributed by atoms with Crippen LogP contribution in [0.1, 0.15) is 60.2 Å². The Morgan fingerprint density at radius 3 is 2.34 bits per heavy atom. The number of aryl methyl sites for hydroxylation is 1. The van der Waals surface area contributed by atoms with E-state index in [0.29, 0.717) is 12.1 Å². The molecule has 5 nitrogen and oxygen atoms in total. The molecule has 0 saturated heterocycles. The highest BCUT2D eigenvalue weighted by Crippen LogP contribution is 2.32. The second-order valence-corrected chi connectivity index (χ2v) is 11.5. The summed E-state index contributed by atoms with van der Waals surface area (Å²) in [5, 5.41) is 3.91. The molecule has 0 aliphatic heterocycles. The van der Waals surface area contributed by atoms with Crippen molar-refractivity contribution in [2.45, 2.75) is 52.6 Å². The van der Waals surface area contributed by atoms with Gasteiger partial charge in [-0.2, -0.15) is 0 Å². The molecule has 1 atom stereocenters. The second-order valence-electron chi connectivity index (χ2n) is 10.5. The van der Waals surface area contributed by atoms with Crippen molar-refractivity contribution in [1.29, 1.82) is 0 Å². The van der Waals surface area contributed by atoms with Crippen molar-refractivity contribution in [1.82, 2.24) is 10.3 Å². The predicted octanol–water partition coefficient (Wildman–Crippen LogP) is 7.53. The molecule has 0 saturated carbocycles. The van der Waals surface area contributed by atoms with Gasteiger partial charge in [0.1, 0.15) is 5.60 Å². The number of esters is 1. The summed E-state index contributed by atoms with van der Waals surface area (Å²) in [6.07, 6.45) is 0.166. The first kappa shape index (κ1) is 27.5. The van der Waals surface area contributed by atoms with Gasteiger partial charge in [-0.15, -0.1) is 0 Å². The van der Waals surface area contributed by atoms with Gasteiger partial charge in [0, 0.05) is 27.9 Å². The van der Waals surface area contributed by atoms with Crippen molar-refractivity contribution >= 4 is 38.7 Å². The lowest BCUT2D eigenvalue weighted by molar-refractivity contribution is -0.155. The average molecular weight is 574 g/mol. The molecule has 38 heavy (non-hydrogen) atoms. The van der Waals surface area contributed by atoms with E-state index >= 15 is 0 Å². The van der Waals surface area contributed by atoms with Gasteiger partial charge in [-0.3, -0.25) is 9.59 Å². The summed E-state index contributed by atoms with van der Waals surface area (Å²) in [5.41, 5.74) is 5.35. The summed E-state index contributed by atoms with van der Waals surface area (Å²) in [7, 11) is 0. The maximum Gasteiger partial charge on any atom is 0.306 e. The van der Waals surface area contributed by atoms with E-state index in [1.54, 1.807) is 0 Å². The standard InChI is InChI=1S/C32H33BrN2O3/c1-20-11-9-10-14-25(20)23(17-28(36)38-32(3,4)5)19-34-31(37)29-21(2)30(22-12-7-6-8-13-22)35-27-16-15-24(33)18-26(27)29/h6-16,18,23H,17,19H2,1-5H3,(H,34,37). The number of pyridine rings is 1. The first-order chi connectivity index (χ1) is 18.0. The summed E-state index contributed by atoms with van der Waals surface area (Å²) in [4.78, 5) is 31.5. The molecule has 1 heterocycles. The van der Waals surface area contributed by atoms with Gasteiger partial charge < -0.3 is 10.1 Å². The van der Waals surface area contributed by atoms with Crippen LogP contribution in [0.5, 0.6) is 0 Å². The average Bonchev–Trinajstić information content (AvgIpc) is 2.86. The third kappa shape index (κ3) is 6.48. The highest BCUT2D eigenvalue weighted by molar-refractivity contribution is 9.10. The van der Waals surface area contributed by atoms with Gasteiger partial charge >= 0.3 is 5.97 Å². The van der Waals surface area contributed by atoms with E-state index in [0.717, 1.165) is 43.3 Å². The maximum atomic E-state index is 13.8. The number of nitrogens with one attached hydrogen (secondary N) is 1. The molecule has 1 amide bonds. The Bertz CT molecular complexity index is 1480. The number of hydrogen-bond acceptors (Lipinski definition) is 4. The van der Waals surface area contributed by atoms with Crippen molar-refractivity contribution in [3.05, 3.63) is 99.5 Å². The number of ether oxygens (including phenoxy) is 1. The second kappa shape index (κ2) is 11.5. The smallest absolute Gasteiger partial charge is 0.306 e. The Labute approximate surface area is 232 Å². The summed E-state index contributed by atoms with van der Waals surface area (Å²) in [6.45, 7) is 9.81. The molecule has 1 N–H and O–H groups in total. The highest BCUT2D eigenvalue weighted by Gasteiger charge is 2.25. The van der Waals surface area contributed by atoms with Crippen LogP contribution in [0.2, 0.25) is 0 Å².